The van der Waals surface area contributed by atoms with Gasteiger partial charge in [0.25, 0.3) is 0 Å². The smallest absolute Gasteiger partial charge is 0.324 e. The van der Waals surface area contributed by atoms with E-state index in [1.165, 1.54) is 12.7 Å². The number of carbonyl (C=O) groups is 1. The molecule has 2 aliphatic heterocycles. The number of fused-ring (bicyclic) bond motifs is 5. The van der Waals surface area contributed by atoms with Gasteiger partial charge in [0.05, 0.1) is 37.1 Å². The molecule has 6 nitrogen and oxygen atoms in total. The lowest BCUT2D eigenvalue weighted by molar-refractivity contribution is -0.147. The maximum Gasteiger partial charge on any atom is 0.324 e. The molecule has 3 heterocycles. The first-order valence-corrected chi connectivity index (χ1v) is 7.93. The number of methoxy groups -OCH3 is 1. The minimum absolute atomic E-state index is 0.278. The van der Waals surface area contributed by atoms with Crippen LogP contribution in [-0.4, -0.2) is 35.5 Å². The predicted molar refractivity (Wildman–Crippen MR) is 85.5 cm³/mol. The predicted octanol–water partition coefficient (Wildman–Crippen LogP) is 1.90. The molecule has 1 fully saturated rings. The van der Waals surface area contributed by atoms with E-state index in [-0.39, 0.29) is 6.04 Å². The molecule has 0 radical (unpaired) electrons. The summed E-state index contributed by atoms with van der Waals surface area (Å²) in [6, 6.07) is 11.5. The summed E-state index contributed by atoms with van der Waals surface area (Å²) >= 11 is 0. The number of carbonyl (C=O) groups excluding carboxylic acids is 1. The number of aromatic amines is 1. The Balaban J connectivity index is 1.89. The molecule has 1 aromatic heterocycles. The molecule has 0 aliphatic carbocycles. The van der Waals surface area contributed by atoms with Crippen LogP contribution in [0.4, 0.5) is 0 Å². The molecule has 0 unspecified atom stereocenters. The van der Waals surface area contributed by atoms with Crippen molar-refractivity contribution in [2.24, 2.45) is 11.8 Å². The van der Waals surface area contributed by atoms with Gasteiger partial charge in [0, 0.05) is 23.1 Å². The van der Waals surface area contributed by atoms with Crippen molar-refractivity contribution in [1.82, 2.24) is 9.88 Å². The third-order valence-electron chi connectivity index (χ3n) is 5.29. The fraction of sp³-hybridized carbons (Fsp3) is 0.389. The van der Waals surface area contributed by atoms with Gasteiger partial charge in [0.15, 0.2) is 0 Å². The Morgan fingerprint density at radius 2 is 2.04 bits per heavy atom. The van der Waals surface area contributed by atoms with Gasteiger partial charge in [-0.1, -0.05) is 18.2 Å². The fourth-order valence-corrected chi connectivity index (χ4v) is 4.29. The molecular weight excluding hydrogens is 304 g/mol. The molecule has 1 saturated heterocycles. The highest BCUT2D eigenvalue weighted by Crippen LogP contribution is 2.48. The van der Waals surface area contributed by atoms with E-state index in [9.17, 15) is 15.3 Å². The highest BCUT2D eigenvalue weighted by Gasteiger charge is 2.55. The van der Waals surface area contributed by atoms with Gasteiger partial charge in [-0.3, -0.25) is 9.69 Å². The Hall–Kier alpha value is -2.83. The molecule has 0 saturated carbocycles. The molecule has 0 bridgehead atoms. The van der Waals surface area contributed by atoms with Crippen LogP contribution in [0, 0.1) is 34.5 Å². The maximum atomic E-state index is 12.2. The number of H-pyrrole nitrogens is 1. The van der Waals surface area contributed by atoms with Gasteiger partial charge in [-0.15, -0.1) is 0 Å². The third kappa shape index (κ3) is 1.81. The molecule has 120 valence electrons. The van der Waals surface area contributed by atoms with Gasteiger partial charge in [-0.25, -0.2) is 0 Å². The fourth-order valence-electron chi connectivity index (χ4n) is 4.29. The molecule has 2 aromatic rings. The zero-order valence-electron chi connectivity index (χ0n) is 13.2. The number of para-hydroxylation sites is 1. The normalized spacial score (nSPS) is 28.6. The van der Waals surface area contributed by atoms with Crippen molar-refractivity contribution in [3.05, 3.63) is 35.5 Å². The largest absolute Gasteiger partial charge is 0.468 e. The number of benzene rings is 1. The summed E-state index contributed by atoms with van der Waals surface area (Å²) in [5.74, 6) is -1.69. The molecule has 24 heavy (non-hydrogen) atoms. The SMILES string of the molecule is COC(=O)[C@@H]1[C@H](C#N)[C@@H](C#N)[C@H]2c3[nH]c4ccccc4c3CCN12. The van der Waals surface area contributed by atoms with E-state index < -0.39 is 23.8 Å². The van der Waals surface area contributed by atoms with Crippen LogP contribution in [0.5, 0.6) is 0 Å². The van der Waals surface area contributed by atoms with Gasteiger partial charge in [-0.2, -0.15) is 10.5 Å². The van der Waals surface area contributed by atoms with Crippen LogP contribution >= 0.6 is 0 Å². The highest BCUT2D eigenvalue weighted by atomic mass is 16.5. The molecule has 1 N–H and O–H groups in total. The van der Waals surface area contributed by atoms with Crippen LogP contribution in [-0.2, 0) is 16.0 Å². The topological polar surface area (TPSA) is 92.9 Å². The first-order chi connectivity index (χ1) is 11.7. The van der Waals surface area contributed by atoms with E-state index in [2.05, 4.69) is 23.2 Å². The van der Waals surface area contributed by atoms with E-state index >= 15 is 0 Å². The number of ether oxygens (including phenoxy) is 1. The lowest BCUT2D eigenvalue weighted by Crippen LogP contribution is -2.43. The second kappa shape index (κ2) is 5.36. The molecular formula is C18H16N4O2. The number of aromatic nitrogens is 1. The summed E-state index contributed by atoms with van der Waals surface area (Å²) in [4.78, 5) is 17.6. The number of hydrogen-bond acceptors (Lipinski definition) is 5. The second-order valence-electron chi connectivity index (χ2n) is 6.27. The van der Waals surface area contributed by atoms with Gasteiger partial charge in [-0.05, 0) is 18.1 Å². The van der Waals surface area contributed by atoms with Crippen LogP contribution in [0.15, 0.2) is 24.3 Å². The Morgan fingerprint density at radius 3 is 2.75 bits per heavy atom. The van der Waals surface area contributed by atoms with Crippen molar-refractivity contribution >= 4 is 16.9 Å². The number of nitrogens with one attached hydrogen (secondary N) is 1. The van der Waals surface area contributed by atoms with Crippen LogP contribution in [0.2, 0.25) is 0 Å². The van der Waals surface area contributed by atoms with Crippen molar-refractivity contribution < 1.29 is 9.53 Å². The van der Waals surface area contributed by atoms with E-state index in [4.69, 9.17) is 4.74 Å². The maximum absolute atomic E-state index is 12.2. The molecule has 1 aromatic carbocycles. The minimum atomic E-state index is -0.690. The minimum Gasteiger partial charge on any atom is -0.468 e. The lowest BCUT2D eigenvalue weighted by Gasteiger charge is -2.33. The number of nitriles is 2. The summed E-state index contributed by atoms with van der Waals surface area (Å²) in [7, 11) is 1.32. The summed E-state index contributed by atoms with van der Waals surface area (Å²) < 4.78 is 4.90. The molecule has 2 aliphatic rings. The third-order valence-corrected chi connectivity index (χ3v) is 5.29. The zero-order valence-corrected chi connectivity index (χ0v) is 13.2. The van der Waals surface area contributed by atoms with E-state index in [1.807, 2.05) is 23.1 Å². The van der Waals surface area contributed by atoms with Crippen molar-refractivity contribution in [2.45, 2.75) is 18.5 Å². The second-order valence-corrected chi connectivity index (χ2v) is 6.27. The summed E-state index contributed by atoms with van der Waals surface area (Å²) in [5.41, 5.74) is 3.17. The first kappa shape index (κ1) is 14.7. The van der Waals surface area contributed by atoms with E-state index in [0.717, 1.165) is 23.0 Å². The van der Waals surface area contributed by atoms with Gasteiger partial charge in [0.2, 0.25) is 0 Å². The average molecular weight is 320 g/mol. The molecule has 6 heteroatoms. The van der Waals surface area contributed by atoms with Crippen molar-refractivity contribution in [2.75, 3.05) is 13.7 Å². The van der Waals surface area contributed by atoms with Crippen LogP contribution in [0.3, 0.4) is 0 Å². The molecule has 0 spiro atoms. The number of esters is 1. The van der Waals surface area contributed by atoms with Crippen molar-refractivity contribution in [3.8, 4) is 12.1 Å². The molecule has 4 atom stereocenters. The van der Waals surface area contributed by atoms with Crippen LogP contribution in [0.25, 0.3) is 10.9 Å². The van der Waals surface area contributed by atoms with Gasteiger partial charge >= 0.3 is 5.97 Å². The Kier molecular flexibility index (Phi) is 3.30. The van der Waals surface area contributed by atoms with E-state index in [1.54, 1.807) is 0 Å². The number of hydrogen-bond donors (Lipinski definition) is 1. The van der Waals surface area contributed by atoms with Gasteiger partial charge in [0.1, 0.15) is 6.04 Å². The van der Waals surface area contributed by atoms with Crippen molar-refractivity contribution in [3.63, 3.8) is 0 Å². The Morgan fingerprint density at radius 1 is 1.29 bits per heavy atom. The first-order valence-electron chi connectivity index (χ1n) is 7.93. The lowest BCUT2D eigenvalue weighted by atomic mass is 9.86. The number of nitrogens with zero attached hydrogens (tertiary/aromatic N) is 3. The van der Waals surface area contributed by atoms with Crippen molar-refractivity contribution in [1.29, 1.82) is 10.5 Å². The monoisotopic (exact) mass is 320 g/mol. The highest BCUT2D eigenvalue weighted by molar-refractivity contribution is 5.85. The Bertz CT molecular complexity index is 904. The number of rotatable bonds is 1. The van der Waals surface area contributed by atoms with Gasteiger partial charge < -0.3 is 9.72 Å². The molecule has 0 amide bonds. The van der Waals surface area contributed by atoms with E-state index in [0.29, 0.717) is 6.54 Å². The standard InChI is InChI=1S/C18H16N4O2/c1-24-18(23)17-13(9-20)12(8-19)16-15-11(6-7-22(16)17)10-4-2-3-5-14(10)21-15/h2-5,12-13,16-17,21H,6-7H2,1H3/t12-,13-,16+,17+/m1/s1. The Labute approximate surface area is 139 Å². The summed E-state index contributed by atoms with van der Waals surface area (Å²) in [5, 5.41) is 20.4. The zero-order chi connectivity index (χ0) is 16.8. The van der Waals surface area contributed by atoms with Crippen LogP contribution < -0.4 is 0 Å². The van der Waals surface area contributed by atoms with Crippen LogP contribution in [0.1, 0.15) is 17.3 Å². The quantitative estimate of drug-likeness (QED) is 0.810. The molecule has 4 rings (SSSR count). The summed E-state index contributed by atoms with van der Waals surface area (Å²) in [6.07, 6.45) is 0.777. The average Bonchev–Trinajstić information content (AvgIpc) is 3.15. The summed E-state index contributed by atoms with van der Waals surface area (Å²) in [6.45, 7) is 0.635.